The quantitative estimate of drug-likeness (QED) is 0.541. The molecule has 0 aliphatic carbocycles. The van der Waals surface area contributed by atoms with E-state index < -0.39 is 0 Å². The average molecular weight is 328 g/mol. The second kappa shape index (κ2) is 10.5. The van der Waals surface area contributed by atoms with Crippen molar-refractivity contribution in [2.24, 2.45) is 0 Å². The molecule has 0 aromatic heterocycles. The summed E-state index contributed by atoms with van der Waals surface area (Å²) in [6.45, 7) is 6.40. The highest BCUT2D eigenvalue weighted by molar-refractivity contribution is 5.89. The van der Waals surface area contributed by atoms with Gasteiger partial charge >= 0.3 is 5.97 Å². The van der Waals surface area contributed by atoms with Gasteiger partial charge < -0.3 is 9.47 Å². The molecule has 1 aromatic rings. The Morgan fingerprint density at radius 3 is 2.45 bits per heavy atom. The zero-order chi connectivity index (χ0) is 14.9. The van der Waals surface area contributed by atoms with Crippen molar-refractivity contribution in [3.63, 3.8) is 0 Å². The molecule has 0 N–H and O–H groups in total. The van der Waals surface area contributed by atoms with Gasteiger partial charge in [-0.25, -0.2) is 4.79 Å². The maximum atomic E-state index is 11.9. The lowest BCUT2D eigenvalue weighted by Gasteiger charge is -2.14. The molecule has 2 rings (SSSR count). The SMILES string of the molecule is CCCCOc1ccc(C(=O)OCCN2CCCC2)cc1.Cl. The van der Waals surface area contributed by atoms with Gasteiger partial charge in [-0.3, -0.25) is 4.90 Å². The van der Waals surface area contributed by atoms with E-state index in [0.717, 1.165) is 44.8 Å². The molecule has 1 aromatic carbocycles. The van der Waals surface area contributed by atoms with Crippen LogP contribution in [0.15, 0.2) is 24.3 Å². The highest BCUT2D eigenvalue weighted by atomic mass is 35.5. The summed E-state index contributed by atoms with van der Waals surface area (Å²) in [6, 6.07) is 7.18. The van der Waals surface area contributed by atoms with Crippen LogP contribution in [0.5, 0.6) is 5.75 Å². The summed E-state index contributed by atoms with van der Waals surface area (Å²) in [6.07, 6.45) is 4.67. The van der Waals surface area contributed by atoms with E-state index >= 15 is 0 Å². The summed E-state index contributed by atoms with van der Waals surface area (Å²) in [5.41, 5.74) is 0.583. The molecular formula is C17H26ClNO3. The van der Waals surface area contributed by atoms with E-state index in [1.165, 1.54) is 12.8 Å². The molecule has 4 nitrogen and oxygen atoms in total. The number of hydrogen-bond acceptors (Lipinski definition) is 4. The minimum absolute atomic E-state index is 0. The van der Waals surface area contributed by atoms with Crippen LogP contribution < -0.4 is 4.74 Å². The van der Waals surface area contributed by atoms with Crippen LogP contribution in [0.2, 0.25) is 0 Å². The van der Waals surface area contributed by atoms with E-state index in [4.69, 9.17) is 9.47 Å². The Labute approximate surface area is 139 Å². The summed E-state index contributed by atoms with van der Waals surface area (Å²) in [7, 11) is 0. The predicted molar refractivity (Wildman–Crippen MR) is 90.0 cm³/mol. The number of hydrogen-bond donors (Lipinski definition) is 0. The highest BCUT2D eigenvalue weighted by Gasteiger charge is 2.12. The van der Waals surface area contributed by atoms with E-state index in [-0.39, 0.29) is 18.4 Å². The summed E-state index contributed by atoms with van der Waals surface area (Å²) >= 11 is 0. The number of carbonyl (C=O) groups is 1. The second-order valence-electron chi connectivity index (χ2n) is 5.41. The zero-order valence-electron chi connectivity index (χ0n) is 13.3. The van der Waals surface area contributed by atoms with Crippen LogP contribution in [-0.2, 0) is 4.74 Å². The van der Waals surface area contributed by atoms with Gasteiger partial charge in [-0.1, -0.05) is 13.3 Å². The number of rotatable bonds is 8. The first kappa shape index (κ1) is 18.8. The average Bonchev–Trinajstić information content (AvgIpc) is 3.01. The predicted octanol–water partition coefficient (Wildman–Crippen LogP) is 3.54. The first-order valence-electron chi connectivity index (χ1n) is 7.92. The smallest absolute Gasteiger partial charge is 0.338 e. The zero-order valence-corrected chi connectivity index (χ0v) is 14.1. The van der Waals surface area contributed by atoms with Gasteiger partial charge in [0, 0.05) is 6.54 Å². The van der Waals surface area contributed by atoms with Gasteiger partial charge in [-0.05, 0) is 56.6 Å². The fraction of sp³-hybridized carbons (Fsp3) is 0.588. The molecule has 0 amide bonds. The summed E-state index contributed by atoms with van der Waals surface area (Å²) in [4.78, 5) is 14.2. The number of unbranched alkanes of at least 4 members (excludes halogenated alkanes) is 1. The Balaban J connectivity index is 0.00000242. The lowest BCUT2D eigenvalue weighted by molar-refractivity contribution is 0.0472. The van der Waals surface area contributed by atoms with Crippen molar-refractivity contribution in [1.29, 1.82) is 0 Å². The summed E-state index contributed by atoms with van der Waals surface area (Å²) in [5.74, 6) is 0.548. The van der Waals surface area contributed by atoms with Gasteiger partial charge in [-0.15, -0.1) is 12.4 Å². The Kier molecular flexibility index (Phi) is 8.94. The van der Waals surface area contributed by atoms with Crippen molar-refractivity contribution in [2.75, 3.05) is 32.8 Å². The molecule has 1 aliphatic heterocycles. The minimum atomic E-state index is -0.255. The van der Waals surface area contributed by atoms with Crippen molar-refractivity contribution in [1.82, 2.24) is 4.90 Å². The number of nitrogens with zero attached hydrogens (tertiary/aromatic N) is 1. The topological polar surface area (TPSA) is 38.8 Å². The molecule has 0 spiro atoms. The largest absolute Gasteiger partial charge is 0.494 e. The summed E-state index contributed by atoms with van der Waals surface area (Å²) < 4.78 is 10.9. The maximum Gasteiger partial charge on any atom is 0.338 e. The van der Waals surface area contributed by atoms with Crippen LogP contribution in [0.3, 0.4) is 0 Å². The number of halogens is 1. The maximum absolute atomic E-state index is 11.9. The number of ether oxygens (including phenoxy) is 2. The van der Waals surface area contributed by atoms with Crippen LogP contribution in [0, 0.1) is 0 Å². The number of benzene rings is 1. The monoisotopic (exact) mass is 327 g/mol. The molecule has 0 bridgehead atoms. The molecule has 0 radical (unpaired) electrons. The molecule has 0 unspecified atom stereocenters. The van der Waals surface area contributed by atoms with Gasteiger partial charge in [0.05, 0.1) is 12.2 Å². The number of carbonyl (C=O) groups excluding carboxylic acids is 1. The van der Waals surface area contributed by atoms with Crippen molar-refractivity contribution in [3.05, 3.63) is 29.8 Å². The number of esters is 1. The van der Waals surface area contributed by atoms with Crippen molar-refractivity contribution in [2.45, 2.75) is 32.6 Å². The van der Waals surface area contributed by atoms with Crippen LogP contribution in [0.1, 0.15) is 43.0 Å². The lowest BCUT2D eigenvalue weighted by atomic mass is 10.2. The lowest BCUT2D eigenvalue weighted by Crippen LogP contribution is -2.25. The molecular weight excluding hydrogens is 302 g/mol. The first-order valence-corrected chi connectivity index (χ1v) is 7.92. The van der Waals surface area contributed by atoms with Crippen molar-refractivity contribution < 1.29 is 14.3 Å². The summed E-state index contributed by atoms with van der Waals surface area (Å²) in [5, 5.41) is 0. The molecule has 5 heteroatoms. The van der Waals surface area contributed by atoms with Gasteiger partial charge in [0.25, 0.3) is 0 Å². The molecule has 124 valence electrons. The van der Waals surface area contributed by atoms with Crippen molar-refractivity contribution in [3.8, 4) is 5.75 Å². The third kappa shape index (κ3) is 6.24. The van der Waals surface area contributed by atoms with Crippen LogP contribution >= 0.6 is 12.4 Å². The molecule has 1 heterocycles. The van der Waals surface area contributed by atoms with Gasteiger partial charge in [0.1, 0.15) is 12.4 Å². The van der Waals surface area contributed by atoms with Gasteiger partial charge in [0.15, 0.2) is 0 Å². The van der Waals surface area contributed by atoms with E-state index in [0.29, 0.717) is 12.2 Å². The highest BCUT2D eigenvalue weighted by Crippen LogP contribution is 2.13. The fourth-order valence-corrected chi connectivity index (χ4v) is 2.38. The third-order valence-electron chi connectivity index (χ3n) is 3.70. The Hall–Kier alpha value is -1.26. The standard InChI is InChI=1S/C17H25NO3.ClH/c1-2-3-13-20-16-8-6-15(7-9-16)17(19)21-14-12-18-10-4-5-11-18;/h6-9H,2-5,10-14H2,1H3;1H. The van der Waals surface area contributed by atoms with E-state index in [1.54, 1.807) is 12.1 Å². The molecule has 22 heavy (non-hydrogen) atoms. The van der Waals surface area contributed by atoms with Crippen LogP contribution in [-0.4, -0.2) is 43.7 Å². The minimum Gasteiger partial charge on any atom is -0.494 e. The van der Waals surface area contributed by atoms with E-state index in [2.05, 4.69) is 11.8 Å². The van der Waals surface area contributed by atoms with E-state index in [1.807, 2.05) is 12.1 Å². The van der Waals surface area contributed by atoms with Crippen molar-refractivity contribution >= 4 is 18.4 Å². The van der Waals surface area contributed by atoms with Crippen LogP contribution in [0.25, 0.3) is 0 Å². The Morgan fingerprint density at radius 1 is 1.14 bits per heavy atom. The third-order valence-corrected chi connectivity index (χ3v) is 3.70. The second-order valence-corrected chi connectivity index (χ2v) is 5.41. The Morgan fingerprint density at radius 2 is 1.82 bits per heavy atom. The molecule has 1 aliphatic rings. The molecule has 0 atom stereocenters. The Bertz CT molecular complexity index is 430. The van der Waals surface area contributed by atoms with Crippen LogP contribution in [0.4, 0.5) is 0 Å². The molecule has 1 fully saturated rings. The molecule has 0 saturated carbocycles. The fourth-order valence-electron chi connectivity index (χ4n) is 2.38. The first-order chi connectivity index (χ1) is 10.3. The number of likely N-dealkylation sites (tertiary alicyclic amines) is 1. The molecule has 1 saturated heterocycles. The van der Waals surface area contributed by atoms with Gasteiger partial charge in [-0.2, -0.15) is 0 Å². The normalized spacial score (nSPS) is 14.4. The van der Waals surface area contributed by atoms with Gasteiger partial charge in [0.2, 0.25) is 0 Å². The van der Waals surface area contributed by atoms with E-state index in [9.17, 15) is 4.79 Å².